The molecule has 3 heterocycles. The van der Waals surface area contributed by atoms with Crippen LogP contribution < -0.4 is 5.32 Å². The van der Waals surface area contributed by atoms with Gasteiger partial charge in [0.1, 0.15) is 15.7 Å². The summed E-state index contributed by atoms with van der Waals surface area (Å²) in [5.41, 5.74) is 4.21. The highest BCUT2D eigenvalue weighted by Gasteiger charge is 2.23. The third-order valence-electron chi connectivity index (χ3n) is 6.28. The minimum absolute atomic E-state index is 0.0164. The van der Waals surface area contributed by atoms with E-state index in [1.54, 1.807) is 11.3 Å². The molecule has 34 heavy (non-hydrogen) atoms. The van der Waals surface area contributed by atoms with Gasteiger partial charge in [0.15, 0.2) is 0 Å². The minimum Gasteiger partial charge on any atom is -0.339 e. The SMILES string of the molecule is Cc1nc(SCC(=O)N2CCN(CC(=O)Nc3c(C)cccc3C)CC2)c2c(C)c(C)sc2n1. The Labute approximate surface area is 209 Å². The average Bonchev–Trinajstić information content (AvgIpc) is 3.08. The van der Waals surface area contributed by atoms with Gasteiger partial charge in [-0.3, -0.25) is 14.5 Å². The van der Waals surface area contributed by atoms with Gasteiger partial charge < -0.3 is 10.2 Å². The Morgan fingerprint density at radius 2 is 1.71 bits per heavy atom. The third-order valence-corrected chi connectivity index (χ3v) is 8.34. The van der Waals surface area contributed by atoms with Gasteiger partial charge in [-0.15, -0.1) is 11.3 Å². The summed E-state index contributed by atoms with van der Waals surface area (Å²) in [5.74, 6) is 1.18. The van der Waals surface area contributed by atoms with Gasteiger partial charge in [-0.05, 0) is 51.3 Å². The monoisotopic (exact) mass is 497 g/mol. The highest BCUT2D eigenvalue weighted by molar-refractivity contribution is 8.00. The number of nitrogens with zero attached hydrogens (tertiary/aromatic N) is 4. The predicted molar refractivity (Wildman–Crippen MR) is 140 cm³/mol. The van der Waals surface area contributed by atoms with Gasteiger partial charge in [0.25, 0.3) is 0 Å². The lowest BCUT2D eigenvalue weighted by Crippen LogP contribution is -2.50. The van der Waals surface area contributed by atoms with Crippen molar-refractivity contribution in [2.75, 3.05) is 43.8 Å². The Morgan fingerprint density at radius 1 is 1.03 bits per heavy atom. The molecule has 1 aromatic carbocycles. The molecule has 0 atom stereocenters. The summed E-state index contributed by atoms with van der Waals surface area (Å²) in [6.45, 7) is 13.1. The minimum atomic E-state index is -0.0164. The second-order valence-electron chi connectivity index (χ2n) is 8.80. The largest absolute Gasteiger partial charge is 0.339 e. The maximum absolute atomic E-state index is 12.9. The number of aryl methyl sites for hydroxylation is 5. The number of rotatable bonds is 6. The number of fused-ring (bicyclic) bond motifs is 1. The van der Waals surface area contributed by atoms with Crippen LogP contribution >= 0.6 is 23.1 Å². The molecule has 0 bridgehead atoms. The number of carbonyl (C=O) groups excluding carboxylic acids is 2. The van der Waals surface area contributed by atoms with Gasteiger partial charge in [-0.1, -0.05) is 30.0 Å². The highest BCUT2D eigenvalue weighted by Crippen LogP contribution is 2.35. The maximum atomic E-state index is 12.9. The van der Waals surface area contributed by atoms with E-state index in [0.29, 0.717) is 38.5 Å². The van der Waals surface area contributed by atoms with Crippen LogP contribution in [-0.2, 0) is 9.59 Å². The fourth-order valence-electron chi connectivity index (χ4n) is 4.19. The summed E-state index contributed by atoms with van der Waals surface area (Å²) >= 11 is 3.17. The van der Waals surface area contributed by atoms with Crippen LogP contribution in [0.15, 0.2) is 23.2 Å². The summed E-state index contributed by atoms with van der Waals surface area (Å²) in [5, 5.41) is 5.01. The number of carbonyl (C=O) groups is 2. The van der Waals surface area contributed by atoms with Crippen molar-refractivity contribution in [2.24, 2.45) is 0 Å². The summed E-state index contributed by atoms with van der Waals surface area (Å²) in [7, 11) is 0. The molecule has 1 saturated heterocycles. The number of amides is 2. The lowest BCUT2D eigenvalue weighted by atomic mass is 10.1. The lowest BCUT2D eigenvalue weighted by molar-refractivity contribution is -0.130. The van der Waals surface area contributed by atoms with Crippen LogP contribution in [0.4, 0.5) is 5.69 Å². The number of hydrogen-bond donors (Lipinski definition) is 1. The number of benzene rings is 1. The second kappa shape index (κ2) is 10.4. The van der Waals surface area contributed by atoms with E-state index < -0.39 is 0 Å². The van der Waals surface area contributed by atoms with Gasteiger partial charge in [0.2, 0.25) is 11.8 Å². The van der Waals surface area contributed by atoms with Gasteiger partial charge in [0.05, 0.1) is 12.3 Å². The smallest absolute Gasteiger partial charge is 0.238 e. The molecule has 1 fully saturated rings. The zero-order chi connectivity index (χ0) is 24.4. The Kier molecular flexibility index (Phi) is 7.54. The maximum Gasteiger partial charge on any atom is 0.238 e. The summed E-state index contributed by atoms with van der Waals surface area (Å²) in [6.07, 6.45) is 0. The summed E-state index contributed by atoms with van der Waals surface area (Å²) in [6, 6.07) is 5.99. The molecule has 9 heteroatoms. The Morgan fingerprint density at radius 3 is 2.38 bits per heavy atom. The van der Waals surface area contributed by atoms with E-state index in [-0.39, 0.29) is 11.8 Å². The number of anilines is 1. The molecular formula is C25H31N5O2S2. The molecule has 2 aromatic heterocycles. The molecule has 1 aliphatic rings. The van der Waals surface area contributed by atoms with Crippen LogP contribution in [0.25, 0.3) is 10.2 Å². The molecule has 0 aliphatic carbocycles. The molecular weight excluding hydrogens is 466 g/mol. The standard InChI is InChI=1S/C25H31N5O2S2/c1-15-7-6-8-16(2)23(15)28-20(31)13-29-9-11-30(12-10-29)21(32)14-33-24-22-17(3)18(4)34-25(22)27-19(5)26-24/h6-8H,9-14H2,1-5H3,(H,28,31). The van der Waals surface area contributed by atoms with Crippen molar-refractivity contribution in [3.05, 3.63) is 45.6 Å². The van der Waals surface area contributed by atoms with E-state index in [0.717, 1.165) is 37.9 Å². The Hall–Kier alpha value is -2.49. The van der Waals surface area contributed by atoms with Gasteiger partial charge >= 0.3 is 0 Å². The van der Waals surface area contributed by atoms with Crippen molar-refractivity contribution in [3.8, 4) is 0 Å². The van der Waals surface area contributed by atoms with Crippen molar-refractivity contribution in [3.63, 3.8) is 0 Å². The van der Waals surface area contributed by atoms with Crippen molar-refractivity contribution in [2.45, 2.75) is 39.6 Å². The van der Waals surface area contributed by atoms with Crippen LogP contribution in [0.3, 0.4) is 0 Å². The van der Waals surface area contributed by atoms with E-state index in [1.165, 1.54) is 22.2 Å². The fraction of sp³-hybridized carbons (Fsp3) is 0.440. The third kappa shape index (κ3) is 5.42. The molecule has 4 rings (SSSR count). The average molecular weight is 498 g/mol. The first-order valence-electron chi connectivity index (χ1n) is 11.5. The molecule has 2 amide bonds. The number of piperazine rings is 1. The van der Waals surface area contributed by atoms with Crippen molar-refractivity contribution in [1.82, 2.24) is 19.8 Å². The Bertz CT molecular complexity index is 1210. The molecule has 0 spiro atoms. The van der Waals surface area contributed by atoms with Crippen LogP contribution in [0, 0.1) is 34.6 Å². The molecule has 0 unspecified atom stereocenters. The van der Waals surface area contributed by atoms with E-state index in [2.05, 4.69) is 34.0 Å². The normalized spacial score (nSPS) is 14.6. The number of thioether (sulfide) groups is 1. The van der Waals surface area contributed by atoms with Crippen molar-refractivity contribution >= 4 is 50.8 Å². The van der Waals surface area contributed by atoms with Crippen LogP contribution in [0.2, 0.25) is 0 Å². The fourth-order valence-corrected chi connectivity index (χ4v) is 6.36. The van der Waals surface area contributed by atoms with Crippen LogP contribution in [-0.4, -0.2) is 70.1 Å². The summed E-state index contributed by atoms with van der Waals surface area (Å²) in [4.78, 5) is 40.9. The van der Waals surface area contributed by atoms with Crippen LogP contribution in [0.1, 0.15) is 27.4 Å². The number of aromatic nitrogens is 2. The predicted octanol–water partition coefficient (Wildman–Crippen LogP) is 4.11. The first-order valence-corrected chi connectivity index (χ1v) is 13.3. The zero-order valence-corrected chi connectivity index (χ0v) is 22.0. The molecule has 1 aliphatic heterocycles. The number of nitrogens with one attached hydrogen (secondary N) is 1. The first-order chi connectivity index (χ1) is 16.2. The zero-order valence-electron chi connectivity index (χ0n) is 20.4. The molecule has 0 saturated carbocycles. The lowest BCUT2D eigenvalue weighted by Gasteiger charge is -2.34. The van der Waals surface area contributed by atoms with Gasteiger partial charge in [-0.25, -0.2) is 9.97 Å². The van der Waals surface area contributed by atoms with E-state index >= 15 is 0 Å². The number of thiophene rings is 1. The second-order valence-corrected chi connectivity index (χ2v) is 11.0. The van der Waals surface area contributed by atoms with E-state index in [4.69, 9.17) is 0 Å². The van der Waals surface area contributed by atoms with Crippen molar-refractivity contribution in [1.29, 1.82) is 0 Å². The van der Waals surface area contributed by atoms with Gasteiger partial charge in [-0.2, -0.15) is 0 Å². The summed E-state index contributed by atoms with van der Waals surface area (Å²) < 4.78 is 0. The molecule has 180 valence electrons. The molecule has 7 nitrogen and oxygen atoms in total. The van der Waals surface area contributed by atoms with Gasteiger partial charge in [0, 0.05) is 42.1 Å². The van der Waals surface area contributed by atoms with Crippen LogP contribution in [0.5, 0.6) is 0 Å². The number of para-hydroxylation sites is 1. The molecule has 3 aromatic rings. The topological polar surface area (TPSA) is 78.4 Å². The van der Waals surface area contributed by atoms with E-state index in [9.17, 15) is 9.59 Å². The number of hydrogen-bond acceptors (Lipinski definition) is 7. The quantitative estimate of drug-likeness (QED) is 0.408. The first kappa shape index (κ1) is 24.6. The Balaban J connectivity index is 1.29. The molecule has 1 N–H and O–H groups in total. The molecule has 0 radical (unpaired) electrons. The van der Waals surface area contributed by atoms with E-state index in [1.807, 2.05) is 43.9 Å². The van der Waals surface area contributed by atoms with Crippen molar-refractivity contribution < 1.29 is 9.59 Å². The highest BCUT2D eigenvalue weighted by atomic mass is 32.2.